The zero-order chi connectivity index (χ0) is 16.8. The fourth-order valence-corrected chi connectivity index (χ4v) is 2.67. The molecule has 23 heavy (non-hydrogen) atoms. The molecular formula is C16H22N4O2S. The third-order valence-corrected chi connectivity index (χ3v) is 3.74. The Morgan fingerprint density at radius 1 is 1.43 bits per heavy atom. The first-order valence-electron chi connectivity index (χ1n) is 7.42. The lowest BCUT2D eigenvalue weighted by Crippen LogP contribution is -2.19. The number of thioether (sulfide) groups is 1. The van der Waals surface area contributed by atoms with Gasteiger partial charge in [-0.05, 0) is 51.7 Å². The average molecular weight is 334 g/mol. The van der Waals surface area contributed by atoms with Gasteiger partial charge in [0.25, 0.3) is 0 Å². The molecule has 1 amide bonds. The van der Waals surface area contributed by atoms with Crippen LogP contribution in [0.15, 0.2) is 28.4 Å². The molecule has 1 N–H and O–H groups in total. The zero-order valence-electron chi connectivity index (χ0n) is 13.9. The molecule has 0 aliphatic carbocycles. The molecule has 1 aliphatic heterocycles. The molecule has 6 nitrogen and oxygen atoms in total. The van der Waals surface area contributed by atoms with E-state index in [4.69, 9.17) is 4.74 Å². The van der Waals surface area contributed by atoms with Crippen molar-refractivity contribution in [3.05, 3.63) is 29.3 Å². The van der Waals surface area contributed by atoms with Gasteiger partial charge < -0.3 is 15.0 Å². The third kappa shape index (κ3) is 5.69. The van der Waals surface area contributed by atoms with Crippen LogP contribution in [-0.2, 0) is 11.3 Å². The highest BCUT2D eigenvalue weighted by Gasteiger charge is 2.16. The van der Waals surface area contributed by atoms with Crippen molar-refractivity contribution in [2.45, 2.75) is 26.5 Å². The summed E-state index contributed by atoms with van der Waals surface area (Å²) in [6.07, 6.45) is 1.81. The second-order valence-corrected chi connectivity index (χ2v) is 6.72. The molecule has 1 aromatic rings. The minimum Gasteiger partial charge on any atom is -0.491 e. The molecule has 0 unspecified atom stereocenters. The molecule has 124 valence electrons. The fraction of sp³-hybridized carbons (Fsp3) is 0.438. The smallest absolute Gasteiger partial charge is 0.236 e. The van der Waals surface area contributed by atoms with E-state index in [1.54, 1.807) is 6.21 Å². The number of amides is 1. The number of benzene rings is 1. The Morgan fingerprint density at radius 3 is 2.83 bits per heavy atom. The van der Waals surface area contributed by atoms with Crippen LogP contribution in [-0.4, -0.2) is 48.1 Å². The van der Waals surface area contributed by atoms with Crippen LogP contribution in [0, 0.1) is 0 Å². The Labute approximate surface area is 141 Å². The summed E-state index contributed by atoms with van der Waals surface area (Å²) < 4.78 is 5.85. The number of ether oxygens (including phenoxy) is 1. The third-order valence-electron chi connectivity index (χ3n) is 2.88. The topological polar surface area (TPSA) is 66.3 Å². The molecule has 0 saturated carbocycles. The van der Waals surface area contributed by atoms with E-state index in [1.165, 1.54) is 11.8 Å². The SMILES string of the molecule is CC(C)Oc1ccc(C=NN=C2NC(=O)CS2)cc1CN(C)C. The van der Waals surface area contributed by atoms with Gasteiger partial charge in [-0.25, -0.2) is 0 Å². The van der Waals surface area contributed by atoms with Crippen LogP contribution in [0.25, 0.3) is 0 Å². The maximum atomic E-state index is 11.1. The number of carbonyl (C=O) groups excluding carboxylic acids is 1. The number of rotatable bonds is 6. The fourth-order valence-electron chi connectivity index (χ4n) is 2.04. The summed E-state index contributed by atoms with van der Waals surface area (Å²) in [5, 5.41) is 11.2. The first-order valence-corrected chi connectivity index (χ1v) is 8.40. The van der Waals surface area contributed by atoms with Crippen molar-refractivity contribution < 1.29 is 9.53 Å². The molecule has 1 heterocycles. The first kappa shape index (κ1) is 17.5. The molecule has 0 radical (unpaired) electrons. The van der Waals surface area contributed by atoms with Crippen LogP contribution in [0.4, 0.5) is 0 Å². The maximum Gasteiger partial charge on any atom is 0.236 e. The van der Waals surface area contributed by atoms with E-state index < -0.39 is 0 Å². The second-order valence-electron chi connectivity index (χ2n) is 5.76. The summed E-state index contributed by atoms with van der Waals surface area (Å²) in [5.74, 6) is 1.26. The molecule has 0 spiro atoms. The Morgan fingerprint density at radius 2 is 2.22 bits per heavy atom. The summed E-state index contributed by atoms with van der Waals surface area (Å²) in [6.45, 7) is 4.81. The van der Waals surface area contributed by atoms with Gasteiger partial charge in [0.1, 0.15) is 5.75 Å². The van der Waals surface area contributed by atoms with Gasteiger partial charge >= 0.3 is 0 Å². The molecule has 1 saturated heterocycles. The van der Waals surface area contributed by atoms with Crippen LogP contribution < -0.4 is 10.1 Å². The quantitative estimate of drug-likeness (QED) is 0.639. The highest BCUT2D eigenvalue weighted by molar-refractivity contribution is 8.15. The van der Waals surface area contributed by atoms with Gasteiger partial charge in [-0.3, -0.25) is 4.79 Å². The van der Waals surface area contributed by atoms with Crippen molar-refractivity contribution in [2.75, 3.05) is 19.8 Å². The van der Waals surface area contributed by atoms with E-state index in [1.807, 2.05) is 46.1 Å². The van der Waals surface area contributed by atoms with Crippen molar-refractivity contribution >= 4 is 29.1 Å². The van der Waals surface area contributed by atoms with Crippen LogP contribution in [0.5, 0.6) is 5.75 Å². The molecule has 1 aromatic carbocycles. The maximum absolute atomic E-state index is 11.1. The van der Waals surface area contributed by atoms with Crippen molar-refractivity contribution in [2.24, 2.45) is 10.2 Å². The monoisotopic (exact) mass is 334 g/mol. The largest absolute Gasteiger partial charge is 0.491 e. The number of hydrogen-bond acceptors (Lipinski definition) is 6. The van der Waals surface area contributed by atoms with Gasteiger partial charge in [0.2, 0.25) is 5.91 Å². The molecule has 0 bridgehead atoms. The molecule has 1 fully saturated rings. The normalized spacial score (nSPS) is 16.8. The van der Waals surface area contributed by atoms with Crippen LogP contribution >= 0.6 is 11.8 Å². The van der Waals surface area contributed by atoms with Gasteiger partial charge in [0.15, 0.2) is 5.17 Å². The number of carbonyl (C=O) groups is 1. The number of amidine groups is 1. The molecule has 2 rings (SSSR count). The second kappa shape index (κ2) is 8.12. The predicted octanol–water partition coefficient (Wildman–Crippen LogP) is 2.09. The Bertz CT molecular complexity index is 627. The van der Waals surface area contributed by atoms with Gasteiger partial charge in [-0.2, -0.15) is 5.10 Å². The van der Waals surface area contributed by atoms with Crippen molar-refractivity contribution in [1.82, 2.24) is 10.2 Å². The lowest BCUT2D eigenvalue weighted by Gasteiger charge is -2.17. The Balaban J connectivity index is 2.14. The zero-order valence-corrected chi connectivity index (χ0v) is 14.7. The van der Waals surface area contributed by atoms with E-state index in [0.717, 1.165) is 23.4 Å². The molecular weight excluding hydrogens is 312 g/mol. The highest BCUT2D eigenvalue weighted by Crippen LogP contribution is 2.22. The standard InChI is InChI=1S/C16H22N4O2S/c1-11(2)22-14-6-5-12(7-13(14)9-20(3)4)8-17-19-16-18-15(21)10-23-16/h5-8,11H,9-10H2,1-4H3,(H,18,19,21). The minimum atomic E-state index is -0.0348. The van der Waals surface area contributed by atoms with Gasteiger partial charge in [-0.1, -0.05) is 11.8 Å². The molecule has 0 atom stereocenters. The van der Waals surface area contributed by atoms with E-state index in [-0.39, 0.29) is 12.0 Å². The molecule has 0 aromatic heterocycles. The van der Waals surface area contributed by atoms with E-state index >= 15 is 0 Å². The highest BCUT2D eigenvalue weighted by atomic mass is 32.2. The van der Waals surface area contributed by atoms with Crippen LogP contribution in [0.2, 0.25) is 0 Å². The lowest BCUT2D eigenvalue weighted by atomic mass is 10.1. The average Bonchev–Trinajstić information content (AvgIpc) is 2.86. The number of nitrogens with one attached hydrogen (secondary N) is 1. The van der Waals surface area contributed by atoms with Crippen molar-refractivity contribution in [3.63, 3.8) is 0 Å². The minimum absolute atomic E-state index is 0.0348. The van der Waals surface area contributed by atoms with E-state index in [0.29, 0.717) is 10.9 Å². The predicted molar refractivity (Wildman–Crippen MR) is 95.2 cm³/mol. The van der Waals surface area contributed by atoms with Crippen LogP contribution in [0.1, 0.15) is 25.0 Å². The van der Waals surface area contributed by atoms with Crippen molar-refractivity contribution in [1.29, 1.82) is 0 Å². The summed E-state index contributed by atoms with van der Waals surface area (Å²) in [7, 11) is 4.04. The molecule has 1 aliphatic rings. The number of nitrogens with zero attached hydrogens (tertiary/aromatic N) is 3. The summed E-state index contributed by atoms with van der Waals surface area (Å²) in [6, 6.07) is 5.95. The lowest BCUT2D eigenvalue weighted by molar-refractivity contribution is -0.116. The number of hydrogen-bond donors (Lipinski definition) is 1. The van der Waals surface area contributed by atoms with Gasteiger partial charge in [0, 0.05) is 12.1 Å². The molecule has 7 heteroatoms. The van der Waals surface area contributed by atoms with Gasteiger partial charge in [0.05, 0.1) is 18.1 Å². The Kier molecular flexibility index (Phi) is 6.18. The summed E-state index contributed by atoms with van der Waals surface area (Å²) in [4.78, 5) is 13.2. The van der Waals surface area contributed by atoms with E-state index in [2.05, 4.69) is 20.4 Å². The summed E-state index contributed by atoms with van der Waals surface area (Å²) >= 11 is 1.36. The van der Waals surface area contributed by atoms with Crippen molar-refractivity contribution in [3.8, 4) is 5.75 Å². The van der Waals surface area contributed by atoms with Crippen LogP contribution in [0.3, 0.4) is 0 Å². The van der Waals surface area contributed by atoms with Gasteiger partial charge in [-0.15, -0.1) is 5.10 Å². The summed E-state index contributed by atoms with van der Waals surface area (Å²) in [5.41, 5.74) is 2.04. The van der Waals surface area contributed by atoms with E-state index in [9.17, 15) is 4.79 Å². The first-order chi connectivity index (χ1) is 10.9. The Hall–Kier alpha value is -1.86.